The molecule has 3 aromatic rings. The summed E-state index contributed by atoms with van der Waals surface area (Å²) in [5, 5.41) is 14.3. The zero-order chi connectivity index (χ0) is 21.2. The van der Waals surface area contributed by atoms with E-state index in [4.69, 9.17) is 14.7 Å². The molecule has 3 aromatic carbocycles. The fraction of sp³-hybridized carbons (Fsp3) is 0.208. The number of hydroxylamine groups is 1. The Balaban J connectivity index is 1.76. The van der Waals surface area contributed by atoms with Gasteiger partial charge in [0.2, 0.25) is 0 Å². The van der Waals surface area contributed by atoms with E-state index in [-0.39, 0.29) is 0 Å². The van der Waals surface area contributed by atoms with Crippen LogP contribution in [0.5, 0.6) is 5.75 Å². The van der Waals surface area contributed by atoms with E-state index in [0.717, 1.165) is 34.2 Å². The highest BCUT2D eigenvalue weighted by atomic mass is 16.5. The predicted molar refractivity (Wildman–Crippen MR) is 118 cm³/mol. The molecule has 0 spiro atoms. The number of rotatable bonds is 10. The lowest BCUT2D eigenvalue weighted by molar-refractivity contribution is 0.0706. The Labute approximate surface area is 176 Å². The maximum atomic E-state index is 11.5. The Bertz CT molecular complexity index is 994. The van der Waals surface area contributed by atoms with Gasteiger partial charge in [-0.05, 0) is 34.7 Å². The van der Waals surface area contributed by atoms with Crippen LogP contribution in [0.4, 0.5) is 0 Å². The number of amides is 1. The number of hydrogen-bond donors (Lipinski definition) is 3. The van der Waals surface area contributed by atoms with Crippen molar-refractivity contribution in [1.29, 1.82) is 0 Å². The van der Waals surface area contributed by atoms with E-state index in [1.54, 1.807) is 24.7 Å². The molecule has 1 amide bonds. The fourth-order valence-electron chi connectivity index (χ4n) is 3.09. The summed E-state index contributed by atoms with van der Waals surface area (Å²) in [7, 11) is 1.67. The summed E-state index contributed by atoms with van der Waals surface area (Å²) in [6, 6.07) is 21.2. The van der Waals surface area contributed by atoms with Crippen LogP contribution in [-0.2, 0) is 4.74 Å². The first-order valence-electron chi connectivity index (χ1n) is 9.75. The zero-order valence-electron chi connectivity index (χ0n) is 16.9. The highest BCUT2D eigenvalue weighted by Gasteiger charge is 2.06. The van der Waals surface area contributed by atoms with E-state index in [0.29, 0.717) is 25.3 Å². The van der Waals surface area contributed by atoms with Crippen LogP contribution in [0.3, 0.4) is 0 Å². The highest BCUT2D eigenvalue weighted by Crippen LogP contribution is 2.25. The molecular weight excluding hydrogens is 380 g/mol. The lowest BCUT2D eigenvalue weighted by atomic mass is 10.1. The summed E-state index contributed by atoms with van der Waals surface area (Å²) in [6.07, 6.45) is 2.03. The smallest absolute Gasteiger partial charge is 0.274 e. The van der Waals surface area contributed by atoms with Crippen molar-refractivity contribution in [1.82, 2.24) is 10.8 Å². The molecule has 6 heteroatoms. The van der Waals surface area contributed by atoms with Crippen LogP contribution in [0.25, 0.3) is 16.8 Å². The molecule has 0 aliphatic carbocycles. The van der Waals surface area contributed by atoms with Gasteiger partial charge in [0.1, 0.15) is 12.4 Å². The van der Waals surface area contributed by atoms with Crippen LogP contribution in [-0.4, -0.2) is 44.5 Å². The lowest BCUT2D eigenvalue weighted by Crippen LogP contribution is -2.23. The van der Waals surface area contributed by atoms with Crippen LogP contribution < -0.4 is 15.5 Å². The van der Waals surface area contributed by atoms with Crippen LogP contribution in [0.15, 0.2) is 72.3 Å². The monoisotopic (exact) mass is 406 g/mol. The normalized spacial score (nSPS) is 11.5. The van der Waals surface area contributed by atoms with Crippen molar-refractivity contribution < 1.29 is 19.5 Å². The number of benzene rings is 3. The Kier molecular flexibility index (Phi) is 7.97. The minimum absolute atomic E-state index is 0.390. The number of carbonyl (C=O) groups is 1. The first-order chi connectivity index (χ1) is 14.7. The van der Waals surface area contributed by atoms with Gasteiger partial charge < -0.3 is 14.8 Å². The van der Waals surface area contributed by atoms with E-state index in [1.165, 1.54) is 0 Å². The number of hydrogen-bond acceptors (Lipinski definition) is 5. The van der Waals surface area contributed by atoms with Crippen LogP contribution in [0.2, 0.25) is 0 Å². The minimum Gasteiger partial charge on any atom is -0.489 e. The molecule has 0 fully saturated rings. The number of fused-ring (bicyclic) bond motifs is 1. The van der Waals surface area contributed by atoms with Crippen LogP contribution >= 0.6 is 0 Å². The molecule has 0 aromatic heterocycles. The molecule has 0 heterocycles. The first-order valence-corrected chi connectivity index (χ1v) is 9.75. The van der Waals surface area contributed by atoms with E-state index < -0.39 is 5.91 Å². The van der Waals surface area contributed by atoms with Crippen molar-refractivity contribution in [3.05, 3.63) is 83.4 Å². The van der Waals surface area contributed by atoms with Gasteiger partial charge in [0, 0.05) is 31.1 Å². The fourth-order valence-corrected chi connectivity index (χ4v) is 3.09. The highest BCUT2D eigenvalue weighted by molar-refractivity contribution is 5.93. The minimum atomic E-state index is -0.536. The maximum Gasteiger partial charge on any atom is 0.274 e. The predicted octanol–water partition coefficient (Wildman–Crippen LogP) is 3.66. The van der Waals surface area contributed by atoms with E-state index in [1.807, 2.05) is 42.5 Å². The molecule has 6 nitrogen and oxygen atoms in total. The molecule has 156 valence electrons. The SMILES string of the molecule is COCCNC/C(=C/c1ccc(C(=O)NO)cc1)COc1cccc2ccccc12. The van der Waals surface area contributed by atoms with Crippen LogP contribution in [0, 0.1) is 0 Å². The summed E-state index contributed by atoms with van der Waals surface area (Å²) in [5.74, 6) is 0.303. The van der Waals surface area contributed by atoms with Gasteiger partial charge in [-0.25, -0.2) is 5.48 Å². The third-order valence-corrected chi connectivity index (χ3v) is 4.64. The second-order valence-electron chi connectivity index (χ2n) is 6.80. The molecule has 0 bridgehead atoms. The second kappa shape index (κ2) is 11.1. The number of methoxy groups -OCH3 is 1. The molecule has 0 saturated carbocycles. The average Bonchev–Trinajstić information content (AvgIpc) is 2.80. The van der Waals surface area contributed by atoms with Crippen molar-refractivity contribution >= 4 is 22.8 Å². The average molecular weight is 406 g/mol. The molecule has 0 radical (unpaired) electrons. The molecule has 30 heavy (non-hydrogen) atoms. The van der Waals surface area contributed by atoms with Crippen molar-refractivity contribution in [2.75, 3.05) is 33.4 Å². The largest absolute Gasteiger partial charge is 0.489 e. The van der Waals surface area contributed by atoms with Gasteiger partial charge in [-0.2, -0.15) is 0 Å². The molecule has 0 unspecified atom stereocenters. The third-order valence-electron chi connectivity index (χ3n) is 4.64. The summed E-state index contributed by atoms with van der Waals surface area (Å²) < 4.78 is 11.2. The van der Waals surface area contributed by atoms with Gasteiger partial charge in [0.25, 0.3) is 5.91 Å². The van der Waals surface area contributed by atoms with Gasteiger partial charge in [0.05, 0.1) is 6.61 Å². The standard InChI is InChI=1S/C24H26N2O4/c1-29-14-13-25-16-19(15-18-9-11-21(12-10-18)24(27)26-28)17-30-23-8-4-6-20-5-2-3-7-22(20)23/h2-12,15,25,28H,13-14,16-17H2,1H3,(H,26,27)/b19-15-. The maximum absolute atomic E-state index is 11.5. The van der Waals surface area contributed by atoms with Crippen molar-refractivity contribution in [2.45, 2.75) is 0 Å². The summed E-state index contributed by atoms with van der Waals surface area (Å²) >= 11 is 0. The Morgan fingerprint density at radius 1 is 1.03 bits per heavy atom. The summed E-state index contributed by atoms with van der Waals surface area (Å²) in [4.78, 5) is 11.5. The van der Waals surface area contributed by atoms with E-state index in [9.17, 15) is 4.79 Å². The molecule has 0 saturated heterocycles. The zero-order valence-corrected chi connectivity index (χ0v) is 16.9. The van der Waals surface area contributed by atoms with Gasteiger partial charge in [-0.1, -0.05) is 54.6 Å². The van der Waals surface area contributed by atoms with Gasteiger partial charge in [-0.3, -0.25) is 10.0 Å². The van der Waals surface area contributed by atoms with E-state index >= 15 is 0 Å². The van der Waals surface area contributed by atoms with Gasteiger partial charge in [0.15, 0.2) is 0 Å². The van der Waals surface area contributed by atoms with Gasteiger partial charge >= 0.3 is 0 Å². The molecule has 0 aliphatic heterocycles. The Hall–Kier alpha value is -3.19. The number of carbonyl (C=O) groups excluding carboxylic acids is 1. The number of nitrogens with one attached hydrogen (secondary N) is 2. The first kappa shape index (κ1) is 21.5. The van der Waals surface area contributed by atoms with Crippen molar-refractivity contribution in [3.8, 4) is 5.75 Å². The molecular formula is C24H26N2O4. The quantitative estimate of drug-likeness (QED) is 0.272. The molecule has 0 atom stereocenters. The Morgan fingerprint density at radius 3 is 2.57 bits per heavy atom. The topological polar surface area (TPSA) is 79.8 Å². The lowest BCUT2D eigenvalue weighted by Gasteiger charge is -2.13. The Morgan fingerprint density at radius 2 is 1.80 bits per heavy atom. The molecule has 3 rings (SSSR count). The number of ether oxygens (including phenoxy) is 2. The third kappa shape index (κ3) is 5.90. The van der Waals surface area contributed by atoms with Crippen molar-refractivity contribution in [2.24, 2.45) is 0 Å². The molecule has 3 N–H and O–H groups in total. The second-order valence-corrected chi connectivity index (χ2v) is 6.80. The van der Waals surface area contributed by atoms with E-state index in [2.05, 4.69) is 23.5 Å². The molecule has 0 aliphatic rings. The van der Waals surface area contributed by atoms with Crippen LogP contribution in [0.1, 0.15) is 15.9 Å². The van der Waals surface area contributed by atoms with Crippen molar-refractivity contribution in [3.63, 3.8) is 0 Å². The summed E-state index contributed by atoms with van der Waals surface area (Å²) in [5.41, 5.74) is 4.02. The summed E-state index contributed by atoms with van der Waals surface area (Å²) in [6.45, 7) is 2.43. The van der Waals surface area contributed by atoms with Gasteiger partial charge in [-0.15, -0.1) is 0 Å².